The summed E-state index contributed by atoms with van der Waals surface area (Å²) in [6.45, 7) is 8.52. The van der Waals surface area contributed by atoms with Gasteiger partial charge in [0.25, 0.3) is 0 Å². The largest absolute Gasteiger partial charge is 0.317 e. The van der Waals surface area contributed by atoms with Gasteiger partial charge >= 0.3 is 0 Å². The first-order chi connectivity index (χ1) is 4.80. The molecule has 0 aromatic carbocycles. The summed E-state index contributed by atoms with van der Waals surface area (Å²) in [6, 6.07) is 0. The maximum atomic E-state index is 3.99. The molecule has 1 N–H and O–H groups in total. The minimum Gasteiger partial charge on any atom is -0.317 e. The van der Waals surface area contributed by atoms with Crippen LogP contribution in [0.15, 0.2) is 12.2 Å². The first kappa shape index (κ1) is 7.80. The van der Waals surface area contributed by atoms with Crippen molar-refractivity contribution in [2.75, 3.05) is 13.1 Å². The highest BCUT2D eigenvalue weighted by atomic mass is 14.8. The predicted molar refractivity (Wildman–Crippen MR) is 45.0 cm³/mol. The molecule has 1 saturated heterocycles. The topological polar surface area (TPSA) is 12.0 Å². The Morgan fingerprint density at radius 2 is 2.20 bits per heavy atom. The van der Waals surface area contributed by atoms with Gasteiger partial charge in [0, 0.05) is 0 Å². The highest BCUT2D eigenvalue weighted by Crippen LogP contribution is 2.19. The Morgan fingerprint density at radius 3 is 2.90 bits per heavy atom. The third-order valence-corrected chi connectivity index (χ3v) is 2.27. The monoisotopic (exact) mass is 139 g/mol. The Balaban J connectivity index is 2.35. The van der Waals surface area contributed by atoms with Gasteiger partial charge in [-0.3, -0.25) is 0 Å². The van der Waals surface area contributed by atoms with Crippen LogP contribution in [0.4, 0.5) is 0 Å². The number of rotatable bonds is 1. The van der Waals surface area contributed by atoms with E-state index in [-0.39, 0.29) is 0 Å². The van der Waals surface area contributed by atoms with Crippen molar-refractivity contribution in [2.45, 2.75) is 26.2 Å². The maximum absolute atomic E-state index is 3.99. The third kappa shape index (κ3) is 2.14. The Bertz CT molecular complexity index is 110. The Kier molecular flexibility index (Phi) is 2.94. The van der Waals surface area contributed by atoms with Crippen LogP contribution < -0.4 is 5.32 Å². The lowest BCUT2D eigenvalue weighted by atomic mass is 9.94. The van der Waals surface area contributed by atoms with Crippen LogP contribution in [0.25, 0.3) is 0 Å². The average molecular weight is 139 g/mol. The smallest absolute Gasteiger partial charge is 0.00432 e. The molecule has 1 atom stereocenters. The summed E-state index contributed by atoms with van der Waals surface area (Å²) in [5, 5.41) is 3.39. The standard InChI is InChI=1S/C9H17N/c1-8(2)9-4-3-6-10-7-5-9/h9-10H,1,3-7H2,2H3. The molecule has 0 radical (unpaired) electrons. The molecule has 0 aromatic rings. The van der Waals surface area contributed by atoms with Crippen molar-refractivity contribution in [2.24, 2.45) is 5.92 Å². The van der Waals surface area contributed by atoms with E-state index in [2.05, 4.69) is 18.8 Å². The van der Waals surface area contributed by atoms with E-state index in [4.69, 9.17) is 0 Å². The van der Waals surface area contributed by atoms with E-state index in [1.54, 1.807) is 0 Å². The molecular formula is C9H17N. The zero-order valence-corrected chi connectivity index (χ0v) is 6.82. The first-order valence-corrected chi connectivity index (χ1v) is 4.17. The molecule has 1 heteroatoms. The fourth-order valence-electron chi connectivity index (χ4n) is 1.51. The number of allylic oxidation sites excluding steroid dienone is 1. The lowest BCUT2D eigenvalue weighted by Gasteiger charge is -2.11. The van der Waals surface area contributed by atoms with Gasteiger partial charge in [0.2, 0.25) is 0 Å². The molecule has 0 saturated carbocycles. The van der Waals surface area contributed by atoms with Crippen LogP contribution in [0.5, 0.6) is 0 Å². The van der Waals surface area contributed by atoms with Crippen LogP contribution in [-0.4, -0.2) is 13.1 Å². The summed E-state index contributed by atoms with van der Waals surface area (Å²) in [5.41, 5.74) is 1.36. The van der Waals surface area contributed by atoms with Crippen molar-refractivity contribution in [1.29, 1.82) is 0 Å². The van der Waals surface area contributed by atoms with Crippen molar-refractivity contribution in [3.8, 4) is 0 Å². The van der Waals surface area contributed by atoms with Crippen molar-refractivity contribution >= 4 is 0 Å². The third-order valence-electron chi connectivity index (χ3n) is 2.27. The maximum Gasteiger partial charge on any atom is -0.00432 e. The van der Waals surface area contributed by atoms with E-state index in [1.165, 1.54) is 37.9 Å². The molecule has 1 rings (SSSR count). The van der Waals surface area contributed by atoms with Crippen LogP contribution in [-0.2, 0) is 0 Å². The summed E-state index contributed by atoms with van der Waals surface area (Å²) in [6.07, 6.45) is 3.94. The van der Waals surface area contributed by atoms with Gasteiger partial charge in [-0.25, -0.2) is 0 Å². The second-order valence-electron chi connectivity index (χ2n) is 3.22. The van der Waals surface area contributed by atoms with Crippen molar-refractivity contribution in [1.82, 2.24) is 5.32 Å². The summed E-state index contributed by atoms with van der Waals surface area (Å²) in [4.78, 5) is 0. The van der Waals surface area contributed by atoms with Crippen LogP contribution in [0.2, 0.25) is 0 Å². The molecule has 1 aliphatic heterocycles. The van der Waals surface area contributed by atoms with E-state index in [9.17, 15) is 0 Å². The molecular weight excluding hydrogens is 122 g/mol. The Hall–Kier alpha value is -0.300. The summed E-state index contributed by atoms with van der Waals surface area (Å²) < 4.78 is 0. The molecule has 0 amide bonds. The van der Waals surface area contributed by atoms with Crippen molar-refractivity contribution < 1.29 is 0 Å². The second-order valence-corrected chi connectivity index (χ2v) is 3.22. The molecule has 1 unspecified atom stereocenters. The number of hydrogen-bond acceptors (Lipinski definition) is 1. The summed E-state index contributed by atoms with van der Waals surface area (Å²) >= 11 is 0. The van der Waals surface area contributed by atoms with Gasteiger partial charge in [0.15, 0.2) is 0 Å². The SMILES string of the molecule is C=C(C)C1CCCNCC1. The molecule has 1 fully saturated rings. The Morgan fingerprint density at radius 1 is 1.40 bits per heavy atom. The zero-order valence-electron chi connectivity index (χ0n) is 6.82. The van der Waals surface area contributed by atoms with E-state index < -0.39 is 0 Å². The van der Waals surface area contributed by atoms with Crippen LogP contribution in [0, 0.1) is 5.92 Å². The molecule has 0 spiro atoms. The first-order valence-electron chi connectivity index (χ1n) is 4.17. The van der Waals surface area contributed by atoms with Gasteiger partial charge < -0.3 is 5.32 Å². The molecule has 58 valence electrons. The molecule has 10 heavy (non-hydrogen) atoms. The molecule has 1 heterocycles. The van der Waals surface area contributed by atoms with Gasteiger partial charge in [-0.05, 0) is 45.2 Å². The van der Waals surface area contributed by atoms with Crippen molar-refractivity contribution in [3.05, 3.63) is 12.2 Å². The van der Waals surface area contributed by atoms with E-state index in [0.717, 1.165) is 5.92 Å². The van der Waals surface area contributed by atoms with Crippen molar-refractivity contribution in [3.63, 3.8) is 0 Å². The van der Waals surface area contributed by atoms with E-state index >= 15 is 0 Å². The summed E-state index contributed by atoms with van der Waals surface area (Å²) in [5.74, 6) is 0.787. The zero-order chi connectivity index (χ0) is 7.40. The average Bonchev–Trinajstić information content (AvgIpc) is 2.12. The number of hydrogen-bond donors (Lipinski definition) is 1. The quantitative estimate of drug-likeness (QED) is 0.547. The molecule has 0 aromatic heterocycles. The highest BCUT2D eigenvalue weighted by Gasteiger charge is 2.11. The number of nitrogens with one attached hydrogen (secondary N) is 1. The Labute approximate surface area is 63.5 Å². The minimum absolute atomic E-state index is 0.787. The van der Waals surface area contributed by atoms with Gasteiger partial charge in [-0.2, -0.15) is 0 Å². The van der Waals surface area contributed by atoms with Gasteiger partial charge in [-0.1, -0.05) is 12.2 Å². The van der Waals surface area contributed by atoms with E-state index in [1.807, 2.05) is 0 Å². The van der Waals surface area contributed by atoms with Gasteiger partial charge in [0.05, 0.1) is 0 Å². The second kappa shape index (κ2) is 3.77. The fraction of sp³-hybridized carbons (Fsp3) is 0.778. The fourth-order valence-corrected chi connectivity index (χ4v) is 1.51. The lowest BCUT2D eigenvalue weighted by Crippen LogP contribution is -2.14. The van der Waals surface area contributed by atoms with E-state index in [0.29, 0.717) is 0 Å². The molecule has 0 bridgehead atoms. The van der Waals surface area contributed by atoms with Crippen LogP contribution in [0.3, 0.4) is 0 Å². The normalized spacial score (nSPS) is 27.5. The lowest BCUT2D eigenvalue weighted by molar-refractivity contribution is 0.547. The summed E-state index contributed by atoms with van der Waals surface area (Å²) in [7, 11) is 0. The highest BCUT2D eigenvalue weighted by molar-refractivity contribution is 4.96. The predicted octanol–water partition coefficient (Wildman–Crippen LogP) is 1.95. The molecule has 0 aliphatic carbocycles. The molecule has 1 nitrogen and oxygen atoms in total. The van der Waals surface area contributed by atoms with Crippen LogP contribution >= 0.6 is 0 Å². The molecule has 1 aliphatic rings. The van der Waals surface area contributed by atoms with Gasteiger partial charge in [0.1, 0.15) is 0 Å². The van der Waals surface area contributed by atoms with Gasteiger partial charge in [-0.15, -0.1) is 0 Å². The minimum atomic E-state index is 0.787. The van der Waals surface area contributed by atoms with Crippen LogP contribution in [0.1, 0.15) is 26.2 Å².